The Hall–Kier alpha value is -2.61. The first-order valence-corrected chi connectivity index (χ1v) is 11.3. The van der Waals surface area contributed by atoms with Crippen LogP contribution in [0.3, 0.4) is 0 Å². The number of nitrogens with zero attached hydrogens (tertiary/aromatic N) is 3. The van der Waals surface area contributed by atoms with E-state index in [1.54, 1.807) is 18.2 Å². The third-order valence-electron chi connectivity index (χ3n) is 5.79. The first-order chi connectivity index (χ1) is 15.5. The average molecular weight is 458 g/mol. The molecule has 32 heavy (non-hydrogen) atoms. The number of hydrogen-bond acceptors (Lipinski definition) is 6. The van der Waals surface area contributed by atoms with E-state index in [2.05, 4.69) is 16.8 Å². The molecule has 3 aromatic rings. The van der Waals surface area contributed by atoms with Gasteiger partial charge < -0.3 is 19.0 Å². The topological polar surface area (TPSA) is 67.9 Å². The second kappa shape index (κ2) is 10.3. The van der Waals surface area contributed by atoms with E-state index in [9.17, 15) is 9.59 Å². The predicted octanol–water partition coefficient (Wildman–Crippen LogP) is 3.02. The summed E-state index contributed by atoms with van der Waals surface area (Å²) in [6.45, 7) is 6.03. The summed E-state index contributed by atoms with van der Waals surface area (Å²) in [4.78, 5) is 29.3. The van der Waals surface area contributed by atoms with Crippen LogP contribution in [0.4, 0.5) is 0 Å². The number of carbonyl (C=O) groups excluding carboxylic acids is 1. The summed E-state index contributed by atoms with van der Waals surface area (Å²) in [6.07, 6.45) is 1.05. The monoisotopic (exact) mass is 457 g/mol. The van der Waals surface area contributed by atoms with Crippen molar-refractivity contribution in [2.24, 2.45) is 0 Å². The van der Waals surface area contributed by atoms with Gasteiger partial charge in [0.15, 0.2) is 5.58 Å². The molecule has 1 aliphatic rings. The van der Waals surface area contributed by atoms with Gasteiger partial charge in [-0.3, -0.25) is 9.36 Å². The summed E-state index contributed by atoms with van der Waals surface area (Å²) in [6, 6.07) is 12.7. The van der Waals surface area contributed by atoms with Crippen molar-refractivity contribution in [3.05, 3.63) is 69.2 Å². The second-order valence-corrected chi connectivity index (χ2v) is 8.72. The van der Waals surface area contributed by atoms with Crippen LogP contribution in [0.25, 0.3) is 11.1 Å². The Morgan fingerprint density at radius 2 is 1.88 bits per heavy atom. The number of halogens is 1. The van der Waals surface area contributed by atoms with E-state index in [-0.39, 0.29) is 12.4 Å². The Bertz CT molecular complexity index is 1130. The molecule has 0 atom stereocenters. The molecule has 1 fully saturated rings. The van der Waals surface area contributed by atoms with Crippen molar-refractivity contribution < 1.29 is 13.9 Å². The molecule has 0 N–H and O–H groups in total. The summed E-state index contributed by atoms with van der Waals surface area (Å²) in [5, 5.41) is 0.538. The quantitative estimate of drug-likeness (QED) is 0.382. The lowest BCUT2D eigenvalue weighted by Gasteiger charge is -2.32. The Balaban J connectivity index is 1.30. The molecule has 1 aromatic heterocycles. The van der Waals surface area contributed by atoms with E-state index >= 15 is 0 Å². The Morgan fingerprint density at radius 1 is 1.09 bits per heavy atom. The van der Waals surface area contributed by atoms with Gasteiger partial charge in [-0.2, -0.15) is 0 Å². The molecule has 1 saturated heterocycles. The molecule has 0 bridgehead atoms. The number of benzene rings is 2. The normalized spacial score (nSPS) is 15.3. The number of likely N-dealkylation sites (N-methyl/N-ethyl adjacent to an activating group) is 1. The zero-order chi connectivity index (χ0) is 22.5. The van der Waals surface area contributed by atoms with Crippen LogP contribution in [0.15, 0.2) is 51.7 Å². The molecule has 8 heteroatoms. The minimum absolute atomic E-state index is 0.204. The van der Waals surface area contributed by atoms with Gasteiger partial charge in [-0.05, 0) is 42.8 Å². The maximum atomic E-state index is 12.3. The van der Waals surface area contributed by atoms with Crippen molar-refractivity contribution >= 4 is 28.7 Å². The fourth-order valence-electron chi connectivity index (χ4n) is 3.97. The van der Waals surface area contributed by atoms with E-state index in [1.807, 2.05) is 24.3 Å². The lowest BCUT2D eigenvalue weighted by molar-refractivity contribution is -0.143. The maximum Gasteiger partial charge on any atom is 0.420 e. The van der Waals surface area contributed by atoms with Gasteiger partial charge >= 0.3 is 11.7 Å². The fourth-order valence-corrected chi connectivity index (χ4v) is 4.14. The van der Waals surface area contributed by atoms with E-state index in [0.717, 1.165) is 50.3 Å². The second-order valence-electron chi connectivity index (χ2n) is 8.28. The molecule has 170 valence electrons. The van der Waals surface area contributed by atoms with Crippen LogP contribution in [-0.4, -0.2) is 66.7 Å². The molecule has 7 nitrogen and oxygen atoms in total. The summed E-state index contributed by atoms with van der Waals surface area (Å²) >= 11 is 6.07. The fraction of sp³-hybridized carbons (Fsp3) is 0.417. The summed E-state index contributed by atoms with van der Waals surface area (Å²) in [7, 11) is 2.14. The van der Waals surface area contributed by atoms with Crippen LogP contribution in [0.2, 0.25) is 5.02 Å². The molecule has 2 heterocycles. The molecule has 1 aliphatic heterocycles. The van der Waals surface area contributed by atoms with Crippen LogP contribution in [0.1, 0.15) is 17.5 Å². The van der Waals surface area contributed by atoms with Crippen molar-refractivity contribution in [1.29, 1.82) is 0 Å². The first-order valence-electron chi connectivity index (χ1n) is 10.9. The molecule has 0 amide bonds. The molecule has 4 rings (SSSR count). The highest BCUT2D eigenvalue weighted by molar-refractivity contribution is 6.31. The number of rotatable bonds is 8. The van der Waals surface area contributed by atoms with Gasteiger partial charge in [-0.25, -0.2) is 4.79 Å². The summed E-state index contributed by atoms with van der Waals surface area (Å²) in [5.41, 5.74) is 2.89. The third-order valence-corrected chi connectivity index (χ3v) is 6.02. The van der Waals surface area contributed by atoms with Crippen molar-refractivity contribution in [2.75, 3.05) is 46.4 Å². The zero-order valence-electron chi connectivity index (χ0n) is 18.3. The average Bonchev–Trinajstić information content (AvgIpc) is 3.07. The van der Waals surface area contributed by atoms with Gasteiger partial charge in [0.25, 0.3) is 0 Å². The Labute approximate surface area is 192 Å². The lowest BCUT2D eigenvalue weighted by Crippen LogP contribution is -2.44. The number of carbonyl (C=O) groups is 1. The van der Waals surface area contributed by atoms with Gasteiger partial charge in [0.05, 0.1) is 25.1 Å². The number of esters is 1. The van der Waals surface area contributed by atoms with Gasteiger partial charge in [0.1, 0.15) is 0 Å². The number of hydrogen-bond donors (Lipinski definition) is 0. The minimum atomic E-state index is -0.438. The van der Waals surface area contributed by atoms with Gasteiger partial charge in [0, 0.05) is 37.7 Å². The van der Waals surface area contributed by atoms with Gasteiger partial charge in [0.2, 0.25) is 0 Å². The maximum absolute atomic E-state index is 12.3. The van der Waals surface area contributed by atoms with E-state index in [0.29, 0.717) is 29.3 Å². The molecule has 0 aliphatic carbocycles. The SMILES string of the molecule is CN1CCN(CCCOC(=O)Cc2cccc(Cn3c(=O)oc4ccc(Cl)cc43)c2)CC1. The van der Waals surface area contributed by atoms with Crippen molar-refractivity contribution in [3.8, 4) is 0 Å². The highest BCUT2D eigenvalue weighted by Gasteiger charge is 2.14. The summed E-state index contributed by atoms with van der Waals surface area (Å²) in [5.74, 6) is -0.675. The van der Waals surface area contributed by atoms with Crippen LogP contribution >= 0.6 is 11.6 Å². The molecule has 0 saturated carbocycles. The number of ether oxygens (including phenoxy) is 1. The van der Waals surface area contributed by atoms with E-state index in [1.165, 1.54) is 4.57 Å². The minimum Gasteiger partial charge on any atom is -0.465 e. The van der Waals surface area contributed by atoms with E-state index in [4.69, 9.17) is 20.8 Å². The largest absolute Gasteiger partial charge is 0.465 e. The number of piperazine rings is 1. The summed E-state index contributed by atoms with van der Waals surface area (Å²) < 4.78 is 12.3. The lowest BCUT2D eigenvalue weighted by atomic mass is 10.1. The third kappa shape index (κ3) is 5.79. The van der Waals surface area contributed by atoms with Crippen LogP contribution in [0.5, 0.6) is 0 Å². The van der Waals surface area contributed by atoms with Crippen LogP contribution < -0.4 is 5.76 Å². The Morgan fingerprint density at radius 3 is 2.69 bits per heavy atom. The Kier molecular flexibility index (Phi) is 7.29. The first kappa shape index (κ1) is 22.6. The van der Waals surface area contributed by atoms with E-state index < -0.39 is 5.76 Å². The van der Waals surface area contributed by atoms with Gasteiger partial charge in [-0.1, -0.05) is 35.9 Å². The number of oxazole rings is 1. The smallest absolute Gasteiger partial charge is 0.420 e. The molecule has 0 radical (unpaired) electrons. The standard InChI is InChI=1S/C24H28ClN3O4/c1-26-9-11-27(12-10-26)8-3-13-31-23(29)15-18-4-2-5-19(14-18)17-28-21-16-20(25)6-7-22(21)32-24(28)30/h2,4-7,14,16H,3,8-13,15,17H2,1H3. The van der Waals surface area contributed by atoms with Crippen molar-refractivity contribution in [3.63, 3.8) is 0 Å². The molecule has 2 aromatic carbocycles. The van der Waals surface area contributed by atoms with Crippen molar-refractivity contribution in [2.45, 2.75) is 19.4 Å². The molecular weight excluding hydrogens is 430 g/mol. The molecular formula is C24H28ClN3O4. The van der Waals surface area contributed by atoms with Crippen LogP contribution in [-0.2, 0) is 22.5 Å². The number of aromatic nitrogens is 1. The van der Waals surface area contributed by atoms with Gasteiger partial charge in [-0.15, -0.1) is 0 Å². The van der Waals surface area contributed by atoms with Crippen molar-refractivity contribution in [1.82, 2.24) is 14.4 Å². The molecule has 0 spiro atoms. The van der Waals surface area contributed by atoms with Crippen LogP contribution in [0, 0.1) is 0 Å². The molecule has 0 unspecified atom stereocenters. The zero-order valence-corrected chi connectivity index (χ0v) is 19.0. The highest BCUT2D eigenvalue weighted by atomic mass is 35.5. The number of fused-ring (bicyclic) bond motifs is 1. The predicted molar refractivity (Wildman–Crippen MR) is 124 cm³/mol. The highest BCUT2D eigenvalue weighted by Crippen LogP contribution is 2.19.